The maximum Gasteiger partial charge on any atom is 0.265 e. The number of hydrogen-bond acceptors (Lipinski definition) is 6. The Morgan fingerprint density at radius 2 is 1.96 bits per heavy atom. The number of benzene rings is 2. The smallest absolute Gasteiger partial charge is 0.265 e. The zero-order chi connectivity index (χ0) is 17.2. The molecule has 0 saturated heterocycles. The summed E-state index contributed by atoms with van der Waals surface area (Å²) >= 11 is 0. The van der Waals surface area contributed by atoms with Crippen LogP contribution in [0.3, 0.4) is 0 Å². The van der Waals surface area contributed by atoms with Crippen LogP contribution >= 0.6 is 0 Å². The van der Waals surface area contributed by atoms with Gasteiger partial charge in [-0.15, -0.1) is 10.2 Å². The van der Waals surface area contributed by atoms with Gasteiger partial charge in [0.15, 0.2) is 5.65 Å². The molecule has 0 saturated carbocycles. The minimum absolute atomic E-state index is 0.334. The summed E-state index contributed by atoms with van der Waals surface area (Å²) < 4.78 is 5.12. The topological polar surface area (TPSA) is 88.1 Å². The molecule has 0 amide bonds. The minimum Gasteiger partial charge on any atom is -0.497 e. The van der Waals surface area contributed by atoms with Gasteiger partial charge < -0.3 is 9.72 Å². The Balaban J connectivity index is 1.57. The molecule has 0 unspecified atom stereocenters. The van der Waals surface area contributed by atoms with E-state index in [-0.39, 0.29) is 0 Å². The predicted molar refractivity (Wildman–Crippen MR) is 98.1 cm³/mol. The zero-order valence-electron chi connectivity index (χ0n) is 13.8. The molecule has 0 atom stereocenters. The van der Waals surface area contributed by atoms with Crippen molar-refractivity contribution >= 4 is 34.2 Å². The van der Waals surface area contributed by atoms with Gasteiger partial charge in [0.2, 0.25) is 0 Å². The lowest BCUT2D eigenvalue weighted by molar-refractivity contribution is 0.415. The second-order valence-electron chi connectivity index (χ2n) is 5.65. The van der Waals surface area contributed by atoms with Gasteiger partial charge in [-0.25, -0.2) is 5.43 Å². The molecule has 0 aliphatic heterocycles. The van der Waals surface area contributed by atoms with Crippen molar-refractivity contribution in [2.45, 2.75) is 6.92 Å². The van der Waals surface area contributed by atoms with Crippen molar-refractivity contribution in [1.82, 2.24) is 20.2 Å². The summed E-state index contributed by atoms with van der Waals surface area (Å²) in [5, 5.41) is 13.5. The van der Waals surface area contributed by atoms with E-state index in [1.54, 1.807) is 13.3 Å². The second kappa shape index (κ2) is 6.20. The predicted octanol–water partition coefficient (Wildman–Crippen LogP) is 3.27. The molecule has 0 aliphatic carbocycles. The van der Waals surface area contributed by atoms with E-state index in [1.807, 2.05) is 43.3 Å². The first kappa shape index (κ1) is 15.1. The molecule has 2 N–H and O–H groups in total. The van der Waals surface area contributed by atoms with E-state index in [4.69, 9.17) is 4.74 Å². The van der Waals surface area contributed by atoms with Crippen LogP contribution in [0.5, 0.6) is 5.75 Å². The largest absolute Gasteiger partial charge is 0.497 e. The van der Waals surface area contributed by atoms with Crippen LogP contribution in [0, 0.1) is 6.92 Å². The molecule has 0 spiro atoms. The van der Waals surface area contributed by atoms with E-state index in [9.17, 15) is 0 Å². The monoisotopic (exact) mass is 332 g/mol. The van der Waals surface area contributed by atoms with Gasteiger partial charge in [-0.1, -0.05) is 11.6 Å². The minimum atomic E-state index is 0.334. The molecule has 124 valence electrons. The van der Waals surface area contributed by atoms with Crippen LogP contribution in [-0.2, 0) is 0 Å². The molecule has 7 nitrogen and oxygen atoms in total. The van der Waals surface area contributed by atoms with Crippen LogP contribution < -0.4 is 10.2 Å². The fourth-order valence-electron chi connectivity index (χ4n) is 2.59. The maximum atomic E-state index is 5.12. The highest BCUT2D eigenvalue weighted by atomic mass is 16.5. The quantitative estimate of drug-likeness (QED) is 0.442. The first-order chi connectivity index (χ1) is 12.2. The number of rotatable bonds is 4. The van der Waals surface area contributed by atoms with Crippen LogP contribution in [-0.4, -0.2) is 33.5 Å². The zero-order valence-corrected chi connectivity index (χ0v) is 13.8. The Labute approximate surface area is 143 Å². The third-order valence-corrected chi connectivity index (χ3v) is 3.86. The van der Waals surface area contributed by atoms with Gasteiger partial charge in [-0.3, -0.25) is 0 Å². The molecule has 0 bridgehead atoms. The third kappa shape index (κ3) is 2.99. The van der Waals surface area contributed by atoms with Crippen LogP contribution in [0.4, 0.5) is 5.95 Å². The summed E-state index contributed by atoms with van der Waals surface area (Å²) in [6.45, 7) is 2.04. The molecule has 0 aliphatic rings. The lowest BCUT2D eigenvalue weighted by Crippen LogP contribution is -1.99. The normalized spacial score (nSPS) is 11.4. The lowest BCUT2D eigenvalue weighted by atomic mass is 10.2. The van der Waals surface area contributed by atoms with E-state index in [0.29, 0.717) is 11.6 Å². The standard InChI is InChI=1S/C18H16N6O/c1-11-3-8-15-14(9-11)16-17(20-15)21-18(24-22-16)23-19-10-12-4-6-13(25-2)7-5-12/h3-10H,1-2H3,(H2,20,21,23,24)/b19-10+. The van der Waals surface area contributed by atoms with E-state index < -0.39 is 0 Å². The number of anilines is 1. The van der Waals surface area contributed by atoms with Crippen LogP contribution in [0.25, 0.3) is 22.1 Å². The maximum absolute atomic E-state index is 5.12. The van der Waals surface area contributed by atoms with Crippen LogP contribution in [0.1, 0.15) is 11.1 Å². The number of aryl methyl sites for hydroxylation is 1. The molecule has 25 heavy (non-hydrogen) atoms. The molecule has 0 fully saturated rings. The number of fused-ring (bicyclic) bond motifs is 3. The number of aromatic amines is 1. The molecule has 4 aromatic rings. The Kier molecular flexibility index (Phi) is 3.74. The Hall–Kier alpha value is -3.48. The number of H-pyrrole nitrogens is 1. The highest BCUT2D eigenvalue weighted by Crippen LogP contribution is 2.23. The lowest BCUT2D eigenvalue weighted by Gasteiger charge is -1.99. The van der Waals surface area contributed by atoms with Crippen LogP contribution in [0.15, 0.2) is 47.6 Å². The van der Waals surface area contributed by atoms with Crippen molar-refractivity contribution in [3.63, 3.8) is 0 Å². The van der Waals surface area contributed by atoms with E-state index in [2.05, 4.69) is 36.8 Å². The van der Waals surface area contributed by atoms with Gasteiger partial charge in [0, 0.05) is 10.9 Å². The van der Waals surface area contributed by atoms with Crippen molar-refractivity contribution in [3.05, 3.63) is 53.6 Å². The highest BCUT2D eigenvalue weighted by molar-refractivity contribution is 6.03. The third-order valence-electron chi connectivity index (χ3n) is 3.86. The summed E-state index contributed by atoms with van der Waals surface area (Å²) in [6, 6.07) is 13.7. The first-order valence-electron chi connectivity index (χ1n) is 7.79. The number of hydrogen-bond donors (Lipinski definition) is 2. The number of ether oxygens (including phenoxy) is 1. The summed E-state index contributed by atoms with van der Waals surface area (Å²) in [5.74, 6) is 1.14. The SMILES string of the molecule is COc1ccc(/C=N/Nc2nnc3c(n2)[nH]c2ccc(C)cc23)cc1. The average molecular weight is 332 g/mol. The molecule has 7 heteroatoms. The van der Waals surface area contributed by atoms with Crippen molar-refractivity contribution in [2.24, 2.45) is 5.10 Å². The number of methoxy groups -OCH3 is 1. The van der Waals surface area contributed by atoms with Crippen molar-refractivity contribution in [3.8, 4) is 5.75 Å². The summed E-state index contributed by atoms with van der Waals surface area (Å²) in [6.07, 6.45) is 1.68. The fraction of sp³-hybridized carbons (Fsp3) is 0.111. The molecule has 2 heterocycles. The van der Waals surface area contributed by atoms with Gasteiger partial charge in [-0.2, -0.15) is 10.1 Å². The Bertz CT molecular complexity index is 1070. The van der Waals surface area contributed by atoms with Gasteiger partial charge in [0.05, 0.1) is 13.3 Å². The number of aromatic nitrogens is 4. The molecule has 2 aromatic carbocycles. The first-order valence-corrected chi connectivity index (χ1v) is 7.79. The molecule has 2 aromatic heterocycles. The molecule has 0 radical (unpaired) electrons. The van der Waals surface area contributed by atoms with Crippen LogP contribution in [0.2, 0.25) is 0 Å². The van der Waals surface area contributed by atoms with Gasteiger partial charge >= 0.3 is 0 Å². The van der Waals surface area contributed by atoms with Crippen molar-refractivity contribution in [1.29, 1.82) is 0 Å². The molecule has 4 rings (SSSR count). The number of hydrazone groups is 1. The number of nitrogens with zero attached hydrogens (tertiary/aromatic N) is 4. The molecular weight excluding hydrogens is 316 g/mol. The van der Waals surface area contributed by atoms with Crippen molar-refractivity contribution in [2.75, 3.05) is 12.5 Å². The van der Waals surface area contributed by atoms with E-state index in [1.165, 1.54) is 5.56 Å². The average Bonchev–Trinajstić information content (AvgIpc) is 2.99. The molecular formula is C18H16N6O. The van der Waals surface area contributed by atoms with Crippen molar-refractivity contribution < 1.29 is 4.74 Å². The summed E-state index contributed by atoms with van der Waals surface area (Å²) in [4.78, 5) is 7.67. The summed E-state index contributed by atoms with van der Waals surface area (Å²) in [7, 11) is 1.64. The van der Waals surface area contributed by atoms with E-state index >= 15 is 0 Å². The van der Waals surface area contributed by atoms with Gasteiger partial charge in [0.25, 0.3) is 5.95 Å². The van der Waals surface area contributed by atoms with Gasteiger partial charge in [0.1, 0.15) is 11.3 Å². The van der Waals surface area contributed by atoms with E-state index in [0.717, 1.165) is 27.7 Å². The van der Waals surface area contributed by atoms with Gasteiger partial charge in [-0.05, 0) is 48.9 Å². The highest BCUT2D eigenvalue weighted by Gasteiger charge is 2.08. The summed E-state index contributed by atoms with van der Waals surface area (Å²) in [5.41, 5.74) is 7.32. The fourth-order valence-corrected chi connectivity index (χ4v) is 2.59. The second-order valence-corrected chi connectivity index (χ2v) is 5.65. The Morgan fingerprint density at radius 1 is 1.12 bits per heavy atom. The number of nitrogens with one attached hydrogen (secondary N) is 2. The Morgan fingerprint density at radius 3 is 2.76 bits per heavy atom.